The molecule has 0 radical (unpaired) electrons. The molecular weight excluding hydrogens is 1890 g/mol. The molecule has 3 saturated heterocycles. The normalized spacial score (nSPS) is 27.8. The van der Waals surface area contributed by atoms with Crippen molar-refractivity contribution in [3.05, 3.63) is 176 Å². The second kappa shape index (κ2) is 43.9. The number of nitrogens with two attached hydrogens (primary N) is 2. The minimum atomic E-state index is -2.50. The van der Waals surface area contributed by atoms with E-state index in [0.29, 0.717) is 17.6 Å². The first kappa shape index (κ1) is 104. The van der Waals surface area contributed by atoms with E-state index in [1.807, 2.05) is 36.4 Å². The van der Waals surface area contributed by atoms with Crippen LogP contribution in [0.1, 0.15) is 144 Å². The number of halogens is 3. The second-order valence-corrected chi connectivity index (χ2v) is 36.8. The first-order chi connectivity index (χ1) is 65.8. The van der Waals surface area contributed by atoms with Gasteiger partial charge >= 0.3 is 18.0 Å². The highest BCUT2D eigenvalue weighted by Crippen LogP contribution is 2.51. The molecule has 8 amide bonds. The van der Waals surface area contributed by atoms with Crippen molar-refractivity contribution in [3.63, 3.8) is 0 Å². The zero-order valence-electron chi connectivity index (χ0n) is 75.5. The molecule has 0 unspecified atom stereocenters. The number of phenolic OH excluding ortho intramolecular Hbond substituents is 3. The fraction of sp³-hybridized carbons (Fsp3) is 0.426. The lowest BCUT2D eigenvalue weighted by Crippen LogP contribution is -2.65. The van der Waals surface area contributed by atoms with E-state index in [9.17, 15) is 79.8 Å². The number of fused-ring (bicyclic) bond motifs is 15. The highest BCUT2D eigenvalue weighted by molar-refractivity contribution is 6.32. The number of likely N-dealkylation sites (N-methyl/N-ethyl adjacent to an activating group) is 1. The molecular formula is C94H105Cl3N10O32. The van der Waals surface area contributed by atoms with Crippen LogP contribution >= 0.6 is 34.8 Å². The Morgan fingerprint density at radius 1 is 0.647 bits per heavy atom. The largest absolute Gasteiger partial charge is 0.508 e. The van der Waals surface area contributed by atoms with Crippen LogP contribution in [-0.4, -0.2) is 251 Å². The van der Waals surface area contributed by atoms with Crippen molar-refractivity contribution in [1.82, 2.24) is 42.1 Å². The number of carbonyl (C=O) groups excluding carboxylic acids is 11. The Morgan fingerprint density at radius 2 is 1.24 bits per heavy atom. The van der Waals surface area contributed by atoms with Crippen molar-refractivity contribution >= 4 is 107 Å². The number of phenols is 3. The van der Waals surface area contributed by atoms with Crippen LogP contribution in [0.4, 0.5) is 4.79 Å². The monoisotopic (exact) mass is 1990 g/mol. The Morgan fingerprint density at radius 3 is 1.86 bits per heavy atom. The van der Waals surface area contributed by atoms with Gasteiger partial charge in [-0.15, -0.1) is 0 Å². The number of aliphatic carboxylic acids is 1. The molecule has 8 heterocycles. The fourth-order valence-corrected chi connectivity index (χ4v) is 17.7. The number of aldehydes is 2. The van der Waals surface area contributed by atoms with Crippen molar-refractivity contribution in [2.75, 3.05) is 20.4 Å². The summed E-state index contributed by atoms with van der Waals surface area (Å²) in [6, 6.07) is 12.3. The number of ether oxygens (including phenoxy) is 10. The third kappa shape index (κ3) is 23.8. The number of aromatic hydroxyl groups is 3. The first-order valence-electron chi connectivity index (χ1n) is 44.0. The van der Waals surface area contributed by atoms with Crippen LogP contribution in [0, 0.1) is 11.8 Å². The molecule has 8 aliphatic heterocycles. The van der Waals surface area contributed by atoms with E-state index < -0.39 is 315 Å². The van der Waals surface area contributed by atoms with Crippen molar-refractivity contribution in [3.8, 4) is 68.2 Å². The number of amides is 8. The summed E-state index contributed by atoms with van der Waals surface area (Å²) >= 11 is 20.9. The highest BCUT2D eigenvalue weighted by atomic mass is 35.5. The number of rotatable bonds is 26. The van der Waals surface area contributed by atoms with Gasteiger partial charge in [-0.3, -0.25) is 43.3 Å². The summed E-state index contributed by atoms with van der Waals surface area (Å²) in [5.74, 6) is -20.1. The van der Waals surface area contributed by atoms with Gasteiger partial charge in [0.25, 0.3) is 0 Å². The molecule has 0 aromatic heterocycles. The molecule has 0 saturated carbocycles. The number of carboxylic acid groups (broad SMARTS) is 1. The Labute approximate surface area is 808 Å². The molecule has 21 N–H and O–H groups in total. The molecule has 0 aliphatic carbocycles. The predicted octanol–water partition coefficient (Wildman–Crippen LogP) is 4.64. The van der Waals surface area contributed by atoms with E-state index in [1.54, 1.807) is 39.8 Å². The molecule has 3 fully saturated rings. The molecule has 139 heavy (non-hydrogen) atoms. The molecule has 744 valence electrons. The number of carboxylic acids is 1. The van der Waals surface area contributed by atoms with Gasteiger partial charge in [0.15, 0.2) is 36.2 Å². The lowest BCUT2D eigenvalue weighted by atomic mass is 9.84. The van der Waals surface area contributed by atoms with Gasteiger partial charge in [0.05, 0.1) is 53.4 Å². The summed E-state index contributed by atoms with van der Waals surface area (Å²) in [6.07, 6.45) is -25.8. The molecule has 0 spiro atoms. The minimum Gasteiger partial charge on any atom is -0.508 e. The van der Waals surface area contributed by atoms with Crippen LogP contribution < -0.4 is 62.9 Å². The Bertz CT molecular complexity index is 5800. The van der Waals surface area contributed by atoms with Crippen LogP contribution in [0.2, 0.25) is 15.1 Å². The van der Waals surface area contributed by atoms with Gasteiger partial charge in [-0.25, -0.2) is 9.59 Å². The minimum absolute atomic E-state index is 0.159. The van der Waals surface area contributed by atoms with Gasteiger partial charge in [-0.1, -0.05) is 103 Å². The van der Waals surface area contributed by atoms with E-state index in [4.69, 9.17) is 93.6 Å². The van der Waals surface area contributed by atoms with E-state index in [2.05, 4.69) is 37.2 Å². The number of hydrogen-bond acceptors (Lipinski definition) is 33. The zero-order valence-corrected chi connectivity index (χ0v) is 77.8. The van der Waals surface area contributed by atoms with Crippen LogP contribution in [0.15, 0.2) is 127 Å². The van der Waals surface area contributed by atoms with Crippen molar-refractivity contribution < 1.29 is 156 Å². The Balaban J connectivity index is 0.990. The topological polar surface area (TPSA) is 639 Å². The Hall–Kier alpha value is -12.5. The number of esters is 1. The molecule has 7 aromatic rings. The molecule has 15 rings (SSSR count). The molecule has 45 heteroatoms. The number of nitrogens with one attached hydrogen (secondary N) is 7. The predicted molar refractivity (Wildman–Crippen MR) is 486 cm³/mol. The maximum atomic E-state index is 16.7. The van der Waals surface area contributed by atoms with E-state index in [-0.39, 0.29) is 43.4 Å². The summed E-state index contributed by atoms with van der Waals surface area (Å²) in [4.78, 5) is 172. The van der Waals surface area contributed by atoms with Crippen LogP contribution in [0.3, 0.4) is 0 Å². The van der Waals surface area contributed by atoms with Gasteiger partial charge < -0.3 is 157 Å². The first-order valence-corrected chi connectivity index (χ1v) is 45.1. The lowest BCUT2D eigenvalue weighted by molar-refractivity contribution is -0.334. The average molecular weight is 1990 g/mol. The van der Waals surface area contributed by atoms with Crippen molar-refractivity contribution in [2.24, 2.45) is 23.3 Å². The third-order valence-corrected chi connectivity index (χ3v) is 25.6. The number of nitrogens with zero attached hydrogens (tertiary/aromatic N) is 1. The molecule has 11 bridgehead atoms. The van der Waals surface area contributed by atoms with E-state index in [0.717, 1.165) is 101 Å². The smallest absolute Gasteiger partial charge is 0.413 e. The third-order valence-electron chi connectivity index (χ3n) is 24.7. The summed E-state index contributed by atoms with van der Waals surface area (Å²) in [6.45, 7) is 7.47. The van der Waals surface area contributed by atoms with Gasteiger partial charge in [0.2, 0.25) is 60.2 Å². The molecule has 8 aliphatic rings. The van der Waals surface area contributed by atoms with Crippen LogP contribution in [-0.2, 0) is 92.4 Å². The maximum Gasteiger partial charge on any atom is 0.413 e. The fourth-order valence-electron chi connectivity index (χ4n) is 17.1. The number of aliphatic hydroxyl groups is 6. The second-order valence-electron chi connectivity index (χ2n) is 35.5. The van der Waals surface area contributed by atoms with E-state index in [1.165, 1.54) is 19.9 Å². The summed E-state index contributed by atoms with van der Waals surface area (Å²) in [7, 11) is 1.09. The molecule has 22 atom stereocenters. The van der Waals surface area contributed by atoms with Crippen molar-refractivity contribution in [2.45, 2.75) is 220 Å². The summed E-state index contributed by atoms with van der Waals surface area (Å²) in [5.41, 5.74) is 9.03. The van der Waals surface area contributed by atoms with Crippen LogP contribution in [0.5, 0.6) is 46.0 Å². The number of benzene rings is 7. The number of primary amides is 1. The SMILES string of the molecule is CC(C)C[C@H](C(=O)N[C@H]1C(=O)N[C@@H](CC(N)=O)C(=O)N[C@H]2C(=O)N[C@H]3C(=O)N[C@H](C(=O)N[C@H](C(=O)O)c4cc(O)cc(O)c4-c4cc3ccc4O)[C@H](O[C@H]3C[C@](C)(N)[C@@H](O)[C@H](C)O3)c3ccc(c(Cl)c3)Oc3cc2cc(c3O[C@@H]2O[C@H](CO)[C@@H](O)[C@H](O)[C@H]2O[C@H]2C[C@](C)(NCc3ccc(-c4ccc(Cl)cc4)cc3)[C@@H](O)[C@H](C)O2)Oc2ccc(cc2Cl)[C@H]1O)N(C)C(=O)OCOC(=O)CCC(C=O)C=O. The van der Waals surface area contributed by atoms with E-state index >= 15 is 28.8 Å². The standard InChI is InChI=1S/C94H105Cl3N10O32/c1-40(2)24-58(107(7)92(129)131-39-130-67(115)23-10-44(36-108)37-109)85(122)105-74-76(116)48-16-21-61(55(96)26-48)134-63-28-50-29-64(80(63)139-91-81(78(118)77(117)65(38-110)136-91)138-69-34-94(6,83(120)42(4)133-69)100-35-43-8-11-45(12-9-43)46-13-18-51(95)19-14-46)135-62-22-17-49(27-56(62)97)79(137-68-33-93(5,99)82(119)41(3)132-68)75-89(126)104-73(90(127)128)54-30-52(111)31-60(113)70(54)53-25-47(15-20-59(53)112)71(86(123)106-75)103-87(124)72(50)102-84(121)57(32-66(98)114)101-88(74)125/h8-9,11-22,25-31,36-37,40-42,44,57-58,65,68-69,71-79,81-83,91,100,110-113,116-120H,10,23-24,32-35,38-39,99H2,1-7H3,(H2,98,114)(H,101,125)(H,102,121)(H,103,124)(H,104,126)(H,105,122)(H,106,123)(H,127,128)/t41-,42-,57-,58+,65+,68-,69-,71+,72+,73-,74+,75-,76+,77+,78-,79+,81+,82-,83-,91-,93-,94-/m0/s1. The Kier molecular flexibility index (Phi) is 32.8. The number of aliphatic hydroxyl groups excluding tert-OH is 6. The van der Waals surface area contributed by atoms with Crippen molar-refractivity contribution in [1.29, 1.82) is 0 Å². The number of hydrogen-bond donors (Lipinski definition) is 19. The quantitative estimate of drug-likeness (QED) is 0.0152. The summed E-state index contributed by atoms with van der Waals surface area (Å²) in [5, 5.41) is 135. The number of carbonyl (C=O) groups is 12. The summed E-state index contributed by atoms with van der Waals surface area (Å²) < 4.78 is 63.1. The molecule has 42 nitrogen and oxygen atoms in total. The van der Waals surface area contributed by atoms with Gasteiger partial charge in [-0.05, 0) is 152 Å². The highest BCUT2D eigenvalue weighted by Gasteiger charge is 2.54. The average Bonchev–Trinajstić information content (AvgIpc) is 0.761. The van der Waals surface area contributed by atoms with Gasteiger partial charge in [0, 0.05) is 71.7 Å². The zero-order chi connectivity index (χ0) is 101. The lowest BCUT2D eigenvalue weighted by Gasteiger charge is -2.48. The van der Waals surface area contributed by atoms with Gasteiger partial charge in [0.1, 0.15) is 108 Å². The van der Waals surface area contributed by atoms with Gasteiger partial charge in [-0.2, -0.15) is 0 Å². The maximum absolute atomic E-state index is 16.7. The molecule has 7 aromatic carbocycles. The van der Waals surface area contributed by atoms with Crippen LogP contribution in [0.25, 0.3) is 22.3 Å².